The summed E-state index contributed by atoms with van der Waals surface area (Å²) in [7, 11) is 0. The standard InChI is InChI=1S/C18H23NS/c1-14(15-8-5-6-9-15)19-18(17-12-7-13-20-17)16-10-3-2-4-11-16/h2-4,7,10-15,18-19H,5-6,8-9H2,1H3. The second kappa shape index (κ2) is 6.55. The average Bonchev–Trinajstić information content (AvgIpc) is 3.18. The topological polar surface area (TPSA) is 12.0 Å². The van der Waals surface area contributed by atoms with Gasteiger partial charge in [0.25, 0.3) is 0 Å². The summed E-state index contributed by atoms with van der Waals surface area (Å²) in [6.45, 7) is 2.36. The van der Waals surface area contributed by atoms with Crippen molar-refractivity contribution in [2.24, 2.45) is 5.92 Å². The van der Waals surface area contributed by atoms with Crippen LogP contribution in [0.1, 0.15) is 49.1 Å². The summed E-state index contributed by atoms with van der Waals surface area (Å²) < 4.78 is 0. The van der Waals surface area contributed by atoms with Crippen LogP contribution in [0.4, 0.5) is 0 Å². The first-order chi connectivity index (χ1) is 9.84. The van der Waals surface area contributed by atoms with Gasteiger partial charge in [0, 0.05) is 10.9 Å². The molecule has 1 aliphatic rings. The van der Waals surface area contributed by atoms with Crippen molar-refractivity contribution < 1.29 is 0 Å². The van der Waals surface area contributed by atoms with Crippen molar-refractivity contribution in [2.45, 2.75) is 44.7 Å². The zero-order chi connectivity index (χ0) is 13.8. The van der Waals surface area contributed by atoms with Gasteiger partial charge in [0.15, 0.2) is 0 Å². The minimum Gasteiger partial charge on any atom is -0.303 e. The van der Waals surface area contributed by atoms with Crippen LogP contribution in [0.2, 0.25) is 0 Å². The molecule has 1 N–H and O–H groups in total. The third-order valence-electron chi connectivity index (χ3n) is 4.50. The second-order valence-electron chi connectivity index (χ2n) is 5.86. The Morgan fingerprint density at radius 2 is 1.80 bits per heavy atom. The maximum atomic E-state index is 3.89. The fourth-order valence-corrected chi connectivity index (χ4v) is 4.11. The Kier molecular flexibility index (Phi) is 4.54. The molecule has 20 heavy (non-hydrogen) atoms. The Labute approximate surface area is 126 Å². The van der Waals surface area contributed by atoms with Crippen molar-refractivity contribution in [3.05, 3.63) is 58.3 Å². The van der Waals surface area contributed by atoms with Crippen LogP contribution in [0.15, 0.2) is 47.8 Å². The molecule has 1 aromatic carbocycles. The molecule has 0 aliphatic heterocycles. The van der Waals surface area contributed by atoms with E-state index in [-0.39, 0.29) is 0 Å². The van der Waals surface area contributed by atoms with E-state index < -0.39 is 0 Å². The van der Waals surface area contributed by atoms with Gasteiger partial charge in [-0.05, 0) is 42.7 Å². The van der Waals surface area contributed by atoms with Crippen molar-refractivity contribution in [2.75, 3.05) is 0 Å². The van der Waals surface area contributed by atoms with E-state index in [9.17, 15) is 0 Å². The van der Waals surface area contributed by atoms with E-state index in [2.05, 4.69) is 60.1 Å². The van der Waals surface area contributed by atoms with Gasteiger partial charge in [-0.2, -0.15) is 0 Å². The number of thiophene rings is 1. The summed E-state index contributed by atoms with van der Waals surface area (Å²) in [6.07, 6.45) is 5.59. The van der Waals surface area contributed by atoms with Crippen molar-refractivity contribution in [3.63, 3.8) is 0 Å². The van der Waals surface area contributed by atoms with Crippen LogP contribution in [0, 0.1) is 5.92 Å². The molecule has 2 unspecified atom stereocenters. The van der Waals surface area contributed by atoms with E-state index >= 15 is 0 Å². The van der Waals surface area contributed by atoms with Gasteiger partial charge >= 0.3 is 0 Å². The number of rotatable bonds is 5. The molecule has 2 atom stereocenters. The predicted molar refractivity (Wildman–Crippen MR) is 87.2 cm³/mol. The van der Waals surface area contributed by atoms with Gasteiger partial charge in [0.2, 0.25) is 0 Å². The lowest BCUT2D eigenvalue weighted by Gasteiger charge is -2.27. The minimum absolute atomic E-state index is 0.340. The highest BCUT2D eigenvalue weighted by molar-refractivity contribution is 7.10. The molecule has 0 bridgehead atoms. The minimum atomic E-state index is 0.340. The lowest BCUT2D eigenvalue weighted by molar-refractivity contribution is 0.362. The zero-order valence-corrected chi connectivity index (χ0v) is 12.9. The van der Waals surface area contributed by atoms with E-state index in [1.54, 1.807) is 0 Å². The summed E-state index contributed by atoms with van der Waals surface area (Å²) in [4.78, 5) is 1.42. The third-order valence-corrected chi connectivity index (χ3v) is 5.43. The van der Waals surface area contributed by atoms with Crippen molar-refractivity contribution in [1.29, 1.82) is 0 Å². The van der Waals surface area contributed by atoms with Crippen molar-refractivity contribution in [3.8, 4) is 0 Å². The smallest absolute Gasteiger partial charge is 0.0673 e. The fraction of sp³-hybridized carbons (Fsp3) is 0.444. The maximum absolute atomic E-state index is 3.89. The molecule has 1 aromatic heterocycles. The predicted octanol–water partition coefficient (Wildman–Crippen LogP) is 5.01. The molecule has 1 nitrogen and oxygen atoms in total. The Morgan fingerprint density at radius 1 is 1.05 bits per heavy atom. The highest BCUT2D eigenvalue weighted by atomic mass is 32.1. The van der Waals surface area contributed by atoms with Crippen LogP contribution in [0.25, 0.3) is 0 Å². The third kappa shape index (κ3) is 3.13. The molecule has 2 aromatic rings. The SMILES string of the molecule is CC(NC(c1ccccc1)c1cccs1)C1CCCC1. The van der Waals surface area contributed by atoms with Gasteiger partial charge in [-0.1, -0.05) is 49.2 Å². The number of hydrogen-bond donors (Lipinski definition) is 1. The summed E-state index contributed by atoms with van der Waals surface area (Å²) in [5.74, 6) is 0.848. The maximum Gasteiger partial charge on any atom is 0.0673 e. The number of nitrogens with one attached hydrogen (secondary N) is 1. The van der Waals surface area contributed by atoms with Gasteiger partial charge in [-0.3, -0.25) is 0 Å². The van der Waals surface area contributed by atoms with E-state index in [1.807, 2.05) is 11.3 Å². The molecule has 106 valence electrons. The molecular formula is C18H23NS. The molecule has 0 amide bonds. The van der Waals surface area contributed by atoms with Crippen LogP contribution in [-0.4, -0.2) is 6.04 Å². The van der Waals surface area contributed by atoms with Crippen LogP contribution < -0.4 is 5.32 Å². The first kappa shape index (κ1) is 13.8. The lowest BCUT2D eigenvalue weighted by atomic mass is 9.97. The zero-order valence-electron chi connectivity index (χ0n) is 12.1. The largest absolute Gasteiger partial charge is 0.303 e. The van der Waals surface area contributed by atoms with Gasteiger partial charge in [-0.25, -0.2) is 0 Å². The van der Waals surface area contributed by atoms with E-state index in [0.717, 1.165) is 5.92 Å². The molecule has 0 saturated heterocycles. The molecule has 0 spiro atoms. The first-order valence-corrected chi connectivity index (χ1v) is 8.57. The fourth-order valence-electron chi connectivity index (χ4n) is 3.30. The molecule has 1 saturated carbocycles. The van der Waals surface area contributed by atoms with Gasteiger partial charge in [-0.15, -0.1) is 11.3 Å². The van der Waals surface area contributed by atoms with Gasteiger partial charge < -0.3 is 5.32 Å². The van der Waals surface area contributed by atoms with Crippen molar-refractivity contribution >= 4 is 11.3 Å². The highest BCUT2D eigenvalue weighted by Gasteiger charge is 2.25. The van der Waals surface area contributed by atoms with E-state index in [0.29, 0.717) is 12.1 Å². The van der Waals surface area contributed by atoms with Crippen LogP contribution in [0.3, 0.4) is 0 Å². The van der Waals surface area contributed by atoms with Crippen LogP contribution in [0.5, 0.6) is 0 Å². The van der Waals surface area contributed by atoms with Gasteiger partial charge in [0.1, 0.15) is 0 Å². The molecular weight excluding hydrogens is 262 g/mol. The van der Waals surface area contributed by atoms with E-state index in [4.69, 9.17) is 0 Å². The summed E-state index contributed by atoms with van der Waals surface area (Å²) in [5, 5.41) is 6.06. The Balaban J connectivity index is 1.79. The van der Waals surface area contributed by atoms with Crippen molar-refractivity contribution in [1.82, 2.24) is 5.32 Å². The summed E-state index contributed by atoms with van der Waals surface area (Å²) in [5.41, 5.74) is 1.37. The Hall–Kier alpha value is -1.12. The molecule has 1 heterocycles. The summed E-state index contributed by atoms with van der Waals surface area (Å²) in [6, 6.07) is 16.2. The number of hydrogen-bond acceptors (Lipinski definition) is 2. The average molecular weight is 285 g/mol. The highest BCUT2D eigenvalue weighted by Crippen LogP contribution is 2.31. The monoisotopic (exact) mass is 285 g/mol. The number of benzene rings is 1. The van der Waals surface area contributed by atoms with Gasteiger partial charge in [0.05, 0.1) is 6.04 Å². The molecule has 3 rings (SSSR count). The molecule has 2 heteroatoms. The van der Waals surface area contributed by atoms with Crippen LogP contribution >= 0.6 is 11.3 Å². The molecule has 1 aliphatic carbocycles. The summed E-state index contributed by atoms with van der Waals surface area (Å²) >= 11 is 1.85. The quantitative estimate of drug-likeness (QED) is 0.814. The molecule has 1 fully saturated rings. The van der Waals surface area contributed by atoms with Crippen LogP contribution in [-0.2, 0) is 0 Å². The second-order valence-corrected chi connectivity index (χ2v) is 6.84. The molecule has 0 radical (unpaired) electrons. The Morgan fingerprint density at radius 3 is 2.45 bits per heavy atom. The first-order valence-electron chi connectivity index (χ1n) is 7.69. The van der Waals surface area contributed by atoms with E-state index in [1.165, 1.54) is 36.1 Å². The normalized spacial score (nSPS) is 19.1. The Bertz CT molecular complexity index is 499. The lowest BCUT2D eigenvalue weighted by Crippen LogP contribution is -2.35.